The van der Waals surface area contributed by atoms with E-state index in [1.165, 1.54) is 62.5 Å². The Morgan fingerprint density at radius 2 is 1.02 bits per heavy atom. The van der Waals surface area contributed by atoms with E-state index in [2.05, 4.69) is 82.8 Å². The fourth-order valence-electron chi connectivity index (χ4n) is 6.95. The summed E-state index contributed by atoms with van der Waals surface area (Å²) >= 11 is 3.38. The first-order valence-corrected chi connectivity index (χ1v) is 24.0. The van der Waals surface area contributed by atoms with Crippen LogP contribution in [0, 0.1) is 13.8 Å². The SMILES string of the molecule is C1CCOC1.C[Si](C)[N-][Si](C)C.Cc1cc(SCSc2cc(C)cc(C3(C)CCCCC3)c2O)c(O)c(C2(C)CCCCC2)c1.[Y]. The number of ether oxygens (including phenoxy) is 1. The van der Waals surface area contributed by atoms with Crippen molar-refractivity contribution in [3.05, 3.63) is 51.2 Å². The number of hydrogen-bond donors (Lipinski definition) is 2. The average molecular weight is 776 g/mol. The maximum atomic E-state index is 11.2. The van der Waals surface area contributed by atoms with Crippen molar-refractivity contribution in [3.63, 3.8) is 0 Å². The Labute approximate surface area is 319 Å². The van der Waals surface area contributed by atoms with Gasteiger partial charge in [0.15, 0.2) is 0 Å². The van der Waals surface area contributed by atoms with E-state index in [0.29, 0.717) is 11.5 Å². The van der Waals surface area contributed by atoms with Gasteiger partial charge in [-0.05, 0) is 86.5 Å². The number of phenols is 2. The fourth-order valence-corrected chi connectivity index (χ4v) is 12.8. The Morgan fingerprint density at radius 1 is 0.652 bits per heavy atom. The molecule has 1 saturated heterocycles. The number of thioether (sulfide) groups is 2. The minimum Gasteiger partial charge on any atom is -0.673 e. The van der Waals surface area contributed by atoms with Crippen molar-refractivity contribution in [3.8, 4) is 11.5 Å². The monoisotopic (exact) mass is 775 g/mol. The first kappa shape index (κ1) is 42.4. The van der Waals surface area contributed by atoms with Crippen molar-refractivity contribution in [1.82, 2.24) is 0 Å². The second-order valence-electron chi connectivity index (χ2n) is 14.3. The normalized spacial score (nSPS) is 18.7. The van der Waals surface area contributed by atoms with E-state index in [0.717, 1.165) is 64.9 Å². The van der Waals surface area contributed by atoms with Gasteiger partial charge in [-0.15, -0.1) is 23.5 Å². The van der Waals surface area contributed by atoms with Gasteiger partial charge < -0.3 is 19.6 Å². The summed E-state index contributed by atoms with van der Waals surface area (Å²) in [5, 5.41) is 23.2. The van der Waals surface area contributed by atoms with Crippen molar-refractivity contribution >= 4 is 41.4 Å². The number of aryl methyl sites for hydroxylation is 2. The molecule has 0 bridgehead atoms. The van der Waals surface area contributed by atoms with Gasteiger partial charge in [-0.25, -0.2) is 0 Å². The molecule has 2 aliphatic carbocycles. The van der Waals surface area contributed by atoms with Crippen molar-refractivity contribution < 1.29 is 47.7 Å². The molecule has 5 rings (SSSR count). The summed E-state index contributed by atoms with van der Waals surface area (Å²) in [5.74, 6) is 0.943. The number of aromatic hydroxyl groups is 2. The molecule has 3 fully saturated rings. The summed E-state index contributed by atoms with van der Waals surface area (Å²) in [5.41, 5.74) is 4.84. The van der Waals surface area contributed by atoms with Crippen molar-refractivity contribution in [2.75, 3.05) is 18.3 Å². The molecular weight excluding hydrogens is 716 g/mol. The Balaban J connectivity index is 0.000000477. The molecule has 0 spiro atoms. The molecule has 0 atom stereocenters. The van der Waals surface area contributed by atoms with Crippen molar-refractivity contribution in [2.24, 2.45) is 0 Å². The predicted octanol–water partition coefficient (Wildman–Crippen LogP) is 11.7. The first-order chi connectivity index (χ1) is 21.3. The van der Waals surface area contributed by atoms with Crippen LogP contribution in [0.2, 0.25) is 26.2 Å². The predicted molar refractivity (Wildman–Crippen MR) is 202 cm³/mol. The Morgan fingerprint density at radius 3 is 1.30 bits per heavy atom. The topological polar surface area (TPSA) is 63.8 Å². The van der Waals surface area contributed by atoms with E-state index < -0.39 is 0 Å². The van der Waals surface area contributed by atoms with Gasteiger partial charge in [0.05, 0.1) is 9.79 Å². The molecule has 9 heteroatoms. The van der Waals surface area contributed by atoms with Crippen LogP contribution >= 0.6 is 23.5 Å². The maximum absolute atomic E-state index is 11.2. The van der Waals surface area contributed by atoms with Gasteiger partial charge in [-0.1, -0.05) is 109 Å². The maximum Gasteiger partial charge on any atom is 0.132 e. The van der Waals surface area contributed by atoms with E-state index in [-0.39, 0.29) is 61.5 Å². The van der Waals surface area contributed by atoms with Crippen LogP contribution in [0.1, 0.15) is 113 Å². The molecule has 2 saturated carbocycles. The Kier molecular flexibility index (Phi) is 19.1. The molecular formula is C37H60NO3S2Si2Y-. The quantitative estimate of drug-likeness (QED) is 0.159. The van der Waals surface area contributed by atoms with E-state index >= 15 is 0 Å². The molecule has 3 aliphatic rings. The van der Waals surface area contributed by atoms with Crippen LogP contribution in [0.3, 0.4) is 0 Å². The molecule has 4 nitrogen and oxygen atoms in total. The first-order valence-electron chi connectivity index (χ1n) is 17.2. The van der Waals surface area contributed by atoms with E-state index in [9.17, 15) is 10.2 Å². The van der Waals surface area contributed by atoms with Gasteiger partial charge in [-0.3, -0.25) is 0 Å². The smallest absolute Gasteiger partial charge is 0.132 e. The summed E-state index contributed by atoms with van der Waals surface area (Å²) < 4.78 is 9.43. The third kappa shape index (κ3) is 13.1. The Bertz CT molecular complexity index is 1100. The molecule has 2 aromatic carbocycles. The van der Waals surface area contributed by atoms with Gasteiger partial charge in [0.2, 0.25) is 0 Å². The number of phenolic OH excluding ortho intramolecular Hbond substituents is 2. The van der Waals surface area contributed by atoms with Crippen LogP contribution in [0.25, 0.3) is 4.65 Å². The van der Waals surface area contributed by atoms with Crippen LogP contribution in [-0.2, 0) is 48.3 Å². The summed E-state index contributed by atoms with van der Waals surface area (Å²) in [4.78, 5) is 1.94. The zero-order valence-corrected chi connectivity index (χ0v) is 36.5. The van der Waals surface area contributed by atoms with E-state index in [1.54, 1.807) is 23.5 Å². The Hall–Kier alpha value is 0.198. The zero-order chi connectivity index (χ0) is 33.0. The average Bonchev–Trinajstić information content (AvgIpc) is 3.57. The van der Waals surface area contributed by atoms with E-state index in [1.807, 2.05) is 0 Å². The van der Waals surface area contributed by atoms with Crippen LogP contribution in [0.5, 0.6) is 11.5 Å². The van der Waals surface area contributed by atoms with Gasteiger partial charge in [0.25, 0.3) is 0 Å². The largest absolute Gasteiger partial charge is 0.673 e. The molecule has 1 heterocycles. The van der Waals surface area contributed by atoms with Gasteiger partial charge in [0.1, 0.15) is 11.5 Å². The van der Waals surface area contributed by atoms with Crippen LogP contribution in [0.4, 0.5) is 0 Å². The molecule has 1 aliphatic heterocycles. The van der Waals surface area contributed by atoms with Gasteiger partial charge >= 0.3 is 0 Å². The summed E-state index contributed by atoms with van der Waals surface area (Å²) in [6, 6.07) is 8.62. The van der Waals surface area contributed by atoms with Crippen molar-refractivity contribution in [1.29, 1.82) is 0 Å². The third-order valence-electron chi connectivity index (χ3n) is 9.36. The second-order valence-corrected chi connectivity index (χ2v) is 21.4. The number of benzene rings is 2. The summed E-state index contributed by atoms with van der Waals surface area (Å²) in [6.45, 7) is 19.8. The number of hydrogen-bond acceptors (Lipinski definition) is 5. The van der Waals surface area contributed by atoms with Gasteiger partial charge in [-0.2, -0.15) is 0 Å². The number of rotatable bonds is 8. The fraction of sp³-hybridized carbons (Fsp3) is 0.676. The molecule has 0 aromatic heterocycles. The molecule has 2 aromatic rings. The van der Waals surface area contributed by atoms with E-state index in [4.69, 9.17) is 4.74 Å². The van der Waals surface area contributed by atoms with Crippen LogP contribution in [-0.4, -0.2) is 46.4 Å². The minimum absolute atomic E-state index is 0. The summed E-state index contributed by atoms with van der Waals surface area (Å²) in [7, 11) is -0.528. The van der Waals surface area contributed by atoms with Crippen LogP contribution in [0.15, 0.2) is 34.1 Å². The molecule has 0 amide bonds. The zero-order valence-electron chi connectivity index (χ0n) is 30.1. The van der Waals surface area contributed by atoms with Crippen molar-refractivity contribution in [2.45, 2.75) is 152 Å². The molecule has 255 valence electrons. The van der Waals surface area contributed by atoms with Gasteiger partial charge in [0, 0.05) is 62.1 Å². The summed E-state index contributed by atoms with van der Waals surface area (Å²) in [6.07, 6.45) is 14.8. The molecule has 0 unspecified atom stereocenters. The standard InChI is InChI=1S/C29H40O2S2.C4H12NSi2.C4H8O.Y/c1-20-15-22(28(3)11-7-5-8-12-28)26(30)24(17-20)32-19-33-25-18-21(2)16-23(27(25)31)29(4)13-9-6-10-14-29;1-6(2)5-7(3)4;1-2-4-5-3-1;/h15-18,30-31H,5-14,19H2,1-4H3;1-4H3;1-4H2;/q;-1;;. The third-order valence-corrected chi connectivity index (χ3v) is 15.1. The molecule has 3 radical (unpaired) electrons. The van der Waals surface area contributed by atoms with Crippen LogP contribution < -0.4 is 0 Å². The number of nitrogens with zero attached hydrogens (tertiary/aromatic N) is 1. The minimum atomic E-state index is -0.264. The molecule has 46 heavy (non-hydrogen) atoms. The molecule has 2 N–H and O–H groups in total. The second kappa shape index (κ2) is 20.8.